The molecule has 0 aromatic heterocycles. The Balaban J connectivity index is 1.91. The molecule has 3 aromatic rings. The standard InChI is InChI=1S/C25H25NO2S/c1-18-12-14-21(15-13-18)26-25(29-22-9-7-8-19(2)16-22)20(3)17-28-24-11-6-5-10-23(24)27-4/h5-17H,1-4H3/b20-17+,26-25?. The maximum Gasteiger partial charge on any atom is 0.168 e. The third-order valence-electron chi connectivity index (χ3n) is 4.24. The van der Waals surface area contributed by atoms with Crippen molar-refractivity contribution < 1.29 is 9.47 Å². The first-order valence-electron chi connectivity index (χ1n) is 9.42. The molecule has 0 atom stereocenters. The summed E-state index contributed by atoms with van der Waals surface area (Å²) in [5.41, 5.74) is 4.28. The van der Waals surface area contributed by atoms with E-state index in [1.165, 1.54) is 11.1 Å². The average Bonchev–Trinajstić information content (AvgIpc) is 2.73. The van der Waals surface area contributed by atoms with Crippen molar-refractivity contribution in [2.45, 2.75) is 25.7 Å². The zero-order valence-electron chi connectivity index (χ0n) is 17.2. The molecule has 0 aliphatic rings. The SMILES string of the molecule is COc1ccccc1O/C=C(\C)C(=Nc1ccc(C)cc1)Sc1cccc(C)c1. The van der Waals surface area contributed by atoms with E-state index in [9.17, 15) is 0 Å². The highest BCUT2D eigenvalue weighted by Crippen LogP contribution is 2.29. The van der Waals surface area contributed by atoms with Crippen LogP contribution in [0.2, 0.25) is 0 Å². The van der Waals surface area contributed by atoms with Crippen molar-refractivity contribution >= 4 is 22.5 Å². The van der Waals surface area contributed by atoms with E-state index in [0.29, 0.717) is 11.5 Å². The minimum atomic E-state index is 0.671. The first kappa shape index (κ1) is 20.7. The lowest BCUT2D eigenvalue weighted by Gasteiger charge is -2.10. The van der Waals surface area contributed by atoms with Gasteiger partial charge in [0, 0.05) is 10.5 Å². The summed E-state index contributed by atoms with van der Waals surface area (Å²) in [4.78, 5) is 6.02. The van der Waals surface area contributed by atoms with Crippen LogP contribution in [0.1, 0.15) is 18.1 Å². The number of hydrogen-bond acceptors (Lipinski definition) is 4. The molecule has 0 spiro atoms. The van der Waals surface area contributed by atoms with Gasteiger partial charge in [-0.25, -0.2) is 4.99 Å². The Kier molecular flexibility index (Phi) is 7.14. The van der Waals surface area contributed by atoms with Gasteiger partial charge >= 0.3 is 0 Å². The van der Waals surface area contributed by atoms with E-state index in [-0.39, 0.29) is 0 Å². The fraction of sp³-hybridized carbons (Fsp3) is 0.160. The molecule has 3 aromatic carbocycles. The van der Waals surface area contributed by atoms with Crippen LogP contribution in [0.15, 0.2) is 94.5 Å². The summed E-state index contributed by atoms with van der Waals surface area (Å²) in [5, 5.41) is 0.884. The van der Waals surface area contributed by atoms with Crippen molar-refractivity contribution in [1.82, 2.24) is 0 Å². The number of thioether (sulfide) groups is 1. The molecule has 0 radical (unpaired) electrons. The molecular formula is C25H25NO2S. The number of aryl methyl sites for hydroxylation is 2. The Morgan fingerprint density at radius 2 is 1.59 bits per heavy atom. The van der Waals surface area contributed by atoms with Crippen LogP contribution >= 0.6 is 11.8 Å². The van der Waals surface area contributed by atoms with E-state index in [2.05, 4.69) is 50.2 Å². The normalized spacial score (nSPS) is 12.0. The maximum atomic E-state index is 5.91. The van der Waals surface area contributed by atoms with Crippen LogP contribution in [-0.4, -0.2) is 12.2 Å². The van der Waals surface area contributed by atoms with Gasteiger partial charge in [-0.2, -0.15) is 0 Å². The summed E-state index contributed by atoms with van der Waals surface area (Å²) >= 11 is 1.63. The lowest BCUT2D eigenvalue weighted by atomic mass is 10.2. The van der Waals surface area contributed by atoms with Gasteiger partial charge in [0.1, 0.15) is 5.04 Å². The molecule has 0 aliphatic carbocycles. The molecule has 4 heteroatoms. The van der Waals surface area contributed by atoms with E-state index in [1.54, 1.807) is 25.1 Å². The minimum absolute atomic E-state index is 0.671. The second-order valence-corrected chi connectivity index (χ2v) is 7.80. The number of nitrogens with zero attached hydrogens (tertiary/aromatic N) is 1. The molecule has 0 aliphatic heterocycles. The van der Waals surface area contributed by atoms with E-state index >= 15 is 0 Å². The van der Waals surface area contributed by atoms with Gasteiger partial charge in [0.25, 0.3) is 0 Å². The fourth-order valence-electron chi connectivity index (χ4n) is 2.64. The second kappa shape index (κ2) is 9.99. The zero-order chi connectivity index (χ0) is 20.6. The Labute approximate surface area is 177 Å². The van der Waals surface area contributed by atoms with E-state index in [4.69, 9.17) is 14.5 Å². The number of aliphatic imine (C=N–C) groups is 1. The smallest absolute Gasteiger partial charge is 0.168 e. The Hall–Kier alpha value is -2.98. The van der Waals surface area contributed by atoms with Gasteiger partial charge in [-0.1, -0.05) is 59.3 Å². The molecule has 29 heavy (non-hydrogen) atoms. The van der Waals surface area contributed by atoms with E-state index in [0.717, 1.165) is 21.2 Å². The number of para-hydroxylation sites is 2. The van der Waals surface area contributed by atoms with E-state index < -0.39 is 0 Å². The van der Waals surface area contributed by atoms with Crippen LogP contribution in [-0.2, 0) is 0 Å². The monoisotopic (exact) mass is 403 g/mol. The maximum absolute atomic E-state index is 5.91. The van der Waals surface area contributed by atoms with Crippen LogP contribution in [0, 0.1) is 13.8 Å². The second-order valence-electron chi connectivity index (χ2n) is 6.74. The lowest BCUT2D eigenvalue weighted by molar-refractivity contribution is 0.377. The van der Waals surface area contributed by atoms with Gasteiger partial charge in [0.05, 0.1) is 19.1 Å². The van der Waals surface area contributed by atoms with Crippen LogP contribution in [0.3, 0.4) is 0 Å². The third-order valence-corrected chi connectivity index (χ3v) is 5.33. The average molecular weight is 404 g/mol. The quantitative estimate of drug-likeness (QED) is 0.190. The number of hydrogen-bond donors (Lipinski definition) is 0. The van der Waals surface area contributed by atoms with Crippen LogP contribution in [0.5, 0.6) is 11.5 Å². The van der Waals surface area contributed by atoms with Crippen molar-refractivity contribution in [3.05, 3.63) is 95.8 Å². The van der Waals surface area contributed by atoms with Crippen LogP contribution in [0.4, 0.5) is 5.69 Å². The van der Waals surface area contributed by atoms with E-state index in [1.807, 2.05) is 43.3 Å². The number of ether oxygens (including phenoxy) is 2. The number of benzene rings is 3. The van der Waals surface area contributed by atoms with Crippen molar-refractivity contribution in [1.29, 1.82) is 0 Å². The van der Waals surface area contributed by atoms with Crippen molar-refractivity contribution in [3.63, 3.8) is 0 Å². The first-order chi connectivity index (χ1) is 14.0. The lowest BCUT2D eigenvalue weighted by Crippen LogP contribution is -1.98. The molecule has 0 heterocycles. The molecular weight excluding hydrogens is 378 g/mol. The zero-order valence-corrected chi connectivity index (χ0v) is 18.0. The molecule has 0 unspecified atom stereocenters. The Bertz CT molecular complexity index is 1020. The summed E-state index contributed by atoms with van der Waals surface area (Å²) in [5.74, 6) is 1.37. The molecule has 148 valence electrons. The summed E-state index contributed by atoms with van der Waals surface area (Å²) in [6.45, 7) is 6.17. The molecule has 0 bridgehead atoms. The highest BCUT2D eigenvalue weighted by atomic mass is 32.2. The predicted molar refractivity (Wildman–Crippen MR) is 123 cm³/mol. The molecule has 3 rings (SSSR count). The molecule has 3 nitrogen and oxygen atoms in total. The number of rotatable bonds is 6. The van der Waals surface area contributed by atoms with Crippen molar-refractivity contribution in [2.24, 2.45) is 4.99 Å². The van der Waals surface area contributed by atoms with Crippen molar-refractivity contribution in [2.75, 3.05) is 7.11 Å². The van der Waals surface area contributed by atoms with Gasteiger partial charge in [0.15, 0.2) is 11.5 Å². The van der Waals surface area contributed by atoms with Gasteiger partial charge in [0.2, 0.25) is 0 Å². The Morgan fingerprint density at radius 3 is 2.28 bits per heavy atom. The van der Waals surface area contributed by atoms with Crippen LogP contribution in [0.25, 0.3) is 0 Å². The molecule has 0 N–H and O–H groups in total. The minimum Gasteiger partial charge on any atom is -0.493 e. The van der Waals surface area contributed by atoms with Crippen LogP contribution < -0.4 is 9.47 Å². The Morgan fingerprint density at radius 1 is 0.862 bits per heavy atom. The molecule has 0 fully saturated rings. The van der Waals surface area contributed by atoms with Gasteiger partial charge < -0.3 is 9.47 Å². The predicted octanol–water partition coefficient (Wildman–Crippen LogP) is 7.12. The van der Waals surface area contributed by atoms with Gasteiger partial charge in [-0.05, 0) is 57.2 Å². The summed E-state index contributed by atoms with van der Waals surface area (Å²) in [6, 6.07) is 24.2. The highest BCUT2D eigenvalue weighted by Gasteiger charge is 2.09. The molecule has 0 saturated carbocycles. The molecule has 0 amide bonds. The van der Waals surface area contributed by atoms with Crippen molar-refractivity contribution in [3.8, 4) is 11.5 Å². The van der Waals surface area contributed by atoms with Gasteiger partial charge in [-0.15, -0.1) is 0 Å². The molecule has 0 saturated heterocycles. The van der Waals surface area contributed by atoms with Gasteiger partial charge in [-0.3, -0.25) is 0 Å². The third kappa shape index (κ3) is 6.00. The summed E-state index contributed by atoms with van der Waals surface area (Å²) in [7, 11) is 1.64. The largest absolute Gasteiger partial charge is 0.493 e. The fourth-order valence-corrected chi connectivity index (χ4v) is 3.61. The first-order valence-corrected chi connectivity index (χ1v) is 10.2. The highest BCUT2D eigenvalue weighted by molar-refractivity contribution is 8.14. The summed E-state index contributed by atoms with van der Waals surface area (Å²) < 4.78 is 11.3. The summed E-state index contributed by atoms with van der Waals surface area (Å²) in [6.07, 6.45) is 1.73. The number of methoxy groups -OCH3 is 1. The topological polar surface area (TPSA) is 30.8 Å².